The molecule has 0 aliphatic carbocycles. The molecule has 1 aromatic heterocycles. The minimum atomic E-state index is -0.689. The summed E-state index contributed by atoms with van der Waals surface area (Å²) in [4.78, 5) is 15.3. The van der Waals surface area contributed by atoms with Gasteiger partial charge < -0.3 is 11.1 Å². The highest BCUT2D eigenvalue weighted by molar-refractivity contribution is 8.01. The molecule has 1 atom stereocenters. The van der Waals surface area contributed by atoms with Gasteiger partial charge in [0.1, 0.15) is 11.9 Å². The molecule has 0 saturated carbocycles. The van der Waals surface area contributed by atoms with Crippen molar-refractivity contribution < 1.29 is 4.79 Å². The Labute approximate surface area is 97.0 Å². The molecule has 0 fully saturated rings. The molecular formula is C8H14N4OS2. The summed E-state index contributed by atoms with van der Waals surface area (Å²) in [7, 11) is 0. The largest absolute Gasteiger partial charge is 0.368 e. The number of nitrogens with one attached hydrogen (secondary N) is 1. The Bertz CT molecular complexity index is 316. The fraction of sp³-hybridized carbons (Fsp3) is 0.625. The molecule has 0 aliphatic heterocycles. The monoisotopic (exact) mass is 246 g/mol. The number of primary amides is 1. The molecule has 84 valence electrons. The lowest BCUT2D eigenvalue weighted by Gasteiger charge is -2.25. The molecule has 5 nitrogen and oxygen atoms in total. The number of aromatic nitrogens is 2. The highest BCUT2D eigenvalue weighted by Crippen LogP contribution is 2.22. The van der Waals surface area contributed by atoms with Crippen molar-refractivity contribution >= 4 is 29.2 Å². The van der Waals surface area contributed by atoms with Crippen LogP contribution in [-0.2, 0) is 4.79 Å². The third-order valence-corrected chi connectivity index (χ3v) is 4.05. The predicted octanol–water partition coefficient (Wildman–Crippen LogP) is 0.484. The fourth-order valence-corrected chi connectivity index (χ4v) is 2.61. The van der Waals surface area contributed by atoms with Gasteiger partial charge in [-0.2, -0.15) is 4.37 Å². The number of nitrogens with two attached hydrogens (primary N) is 1. The third-order valence-electron chi connectivity index (χ3n) is 1.94. The van der Waals surface area contributed by atoms with E-state index < -0.39 is 5.54 Å². The van der Waals surface area contributed by atoms with Gasteiger partial charge in [0.05, 0.1) is 0 Å². The molecule has 15 heavy (non-hydrogen) atoms. The van der Waals surface area contributed by atoms with Crippen molar-refractivity contribution in [3.8, 4) is 0 Å². The number of amides is 1. The second-order valence-electron chi connectivity index (χ2n) is 3.22. The van der Waals surface area contributed by atoms with Gasteiger partial charge in [-0.3, -0.25) is 4.79 Å². The lowest BCUT2D eigenvalue weighted by molar-refractivity contribution is -0.122. The van der Waals surface area contributed by atoms with Crippen LogP contribution in [0.2, 0.25) is 0 Å². The number of likely N-dealkylation sites (N-methyl/N-ethyl adjacent to an activating group) is 1. The number of thioether (sulfide) groups is 1. The average Bonchev–Trinajstić information content (AvgIpc) is 2.67. The first-order valence-corrected chi connectivity index (χ1v) is 6.29. The van der Waals surface area contributed by atoms with E-state index in [1.165, 1.54) is 29.6 Å². The second kappa shape index (κ2) is 5.43. The van der Waals surface area contributed by atoms with E-state index in [0.717, 1.165) is 4.34 Å². The molecule has 0 aromatic carbocycles. The number of hydrogen-bond donors (Lipinski definition) is 2. The van der Waals surface area contributed by atoms with Gasteiger partial charge in [0.15, 0.2) is 4.34 Å². The van der Waals surface area contributed by atoms with E-state index in [9.17, 15) is 4.79 Å². The molecule has 0 radical (unpaired) electrons. The highest BCUT2D eigenvalue weighted by atomic mass is 32.2. The number of nitrogens with zero attached hydrogens (tertiary/aromatic N) is 2. The van der Waals surface area contributed by atoms with Gasteiger partial charge in [0, 0.05) is 5.75 Å². The molecule has 1 amide bonds. The van der Waals surface area contributed by atoms with Crippen LogP contribution in [-0.4, -0.2) is 33.1 Å². The zero-order valence-corrected chi connectivity index (χ0v) is 10.3. The van der Waals surface area contributed by atoms with E-state index in [2.05, 4.69) is 14.7 Å². The van der Waals surface area contributed by atoms with Gasteiger partial charge in [-0.15, -0.1) is 0 Å². The maximum Gasteiger partial charge on any atom is 0.238 e. The van der Waals surface area contributed by atoms with Crippen LogP contribution in [0, 0.1) is 0 Å². The molecule has 1 aromatic rings. The Hall–Kier alpha value is -0.660. The quantitative estimate of drug-likeness (QED) is 0.714. The van der Waals surface area contributed by atoms with Crippen molar-refractivity contribution in [2.24, 2.45) is 5.73 Å². The topological polar surface area (TPSA) is 80.9 Å². The first-order chi connectivity index (χ1) is 7.08. The van der Waals surface area contributed by atoms with E-state index >= 15 is 0 Å². The number of hydrogen-bond acceptors (Lipinski definition) is 6. The Morgan fingerprint density at radius 3 is 3.00 bits per heavy atom. The SMILES string of the molecule is CCNC(C)(CSc1ncns1)C(N)=O. The van der Waals surface area contributed by atoms with E-state index in [4.69, 9.17) is 5.73 Å². The summed E-state index contributed by atoms with van der Waals surface area (Å²) in [6.07, 6.45) is 1.50. The highest BCUT2D eigenvalue weighted by Gasteiger charge is 2.30. The standard InChI is InChI=1S/C8H14N4OS2/c1-3-11-8(2,6(9)13)4-14-7-10-5-12-15-7/h5,11H,3-4H2,1-2H3,(H2,9,13). The molecule has 3 N–H and O–H groups in total. The summed E-state index contributed by atoms with van der Waals surface area (Å²) in [5, 5.41) is 3.08. The molecule has 1 rings (SSSR count). The Kier molecular flexibility index (Phi) is 4.49. The molecular weight excluding hydrogens is 232 g/mol. The van der Waals surface area contributed by atoms with Crippen LogP contribution in [0.15, 0.2) is 10.7 Å². The molecule has 1 heterocycles. The lowest BCUT2D eigenvalue weighted by atomic mass is 10.1. The van der Waals surface area contributed by atoms with Crippen molar-refractivity contribution in [2.75, 3.05) is 12.3 Å². The molecule has 0 saturated heterocycles. The number of rotatable bonds is 6. The van der Waals surface area contributed by atoms with Crippen molar-refractivity contribution in [2.45, 2.75) is 23.7 Å². The summed E-state index contributed by atoms with van der Waals surface area (Å²) in [5.74, 6) is 0.215. The van der Waals surface area contributed by atoms with Crippen molar-refractivity contribution in [3.63, 3.8) is 0 Å². The van der Waals surface area contributed by atoms with Crippen LogP contribution >= 0.6 is 23.3 Å². The number of carbonyl (C=O) groups excluding carboxylic acids is 1. The summed E-state index contributed by atoms with van der Waals surface area (Å²) in [6.45, 7) is 4.44. The van der Waals surface area contributed by atoms with E-state index in [1.807, 2.05) is 6.92 Å². The molecule has 0 bridgehead atoms. The minimum absolute atomic E-state index is 0.346. The van der Waals surface area contributed by atoms with Crippen LogP contribution in [0.4, 0.5) is 0 Å². The van der Waals surface area contributed by atoms with Gasteiger partial charge in [0.2, 0.25) is 5.91 Å². The fourth-order valence-electron chi connectivity index (χ4n) is 1.03. The van der Waals surface area contributed by atoms with Crippen LogP contribution in [0.5, 0.6) is 0 Å². The van der Waals surface area contributed by atoms with Gasteiger partial charge in [-0.05, 0) is 25.0 Å². The zero-order valence-electron chi connectivity index (χ0n) is 8.69. The molecule has 0 spiro atoms. The first-order valence-electron chi connectivity index (χ1n) is 4.53. The summed E-state index contributed by atoms with van der Waals surface area (Å²) in [6, 6.07) is 0. The van der Waals surface area contributed by atoms with Gasteiger partial charge in [0.25, 0.3) is 0 Å². The summed E-state index contributed by atoms with van der Waals surface area (Å²) >= 11 is 2.80. The Morgan fingerprint density at radius 2 is 2.53 bits per heavy atom. The molecule has 1 unspecified atom stereocenters. The second-order valence-corrected chi connectivity index (χ2v) is 5.23. The molecule has 0 aliphatic rings. The van der Waals surface area contributed by atoms with E-state index in [-0.39, 0.29) is 5.91 Å². The van der Waals surface area contributed by atoms with Crippen LogP contribution in [0.3, 0.4) is 0 Å². The smallest absolute Gasteiger partial charge is 0.238 e. The Morgan fingerprint density at radius 1 is 1.80 bits per heavy atom. The van der Waals surface area contributed by atoms with Gasteiger partial charge >= 0.3 is 0 Å². The van der Waals surface area contributed by atoms with Crippen LogP contribution < -0.4 is 11.1 Å². The number of carbonyl (C=O) groups is 1. The van der Waals surface area contributed by atoms with Crippen molar-refractivity contribution in [1.82, 2.24) is 14.7 Å². The minimum Gasteiger partial charge on any atom is -0.368 e. The van der Waals surface area contributed by atoms with Crippen molar-refractivity contribution in [3.05, 3.63) is 6.33 Å². The summed E-state index contributed by atoms with van der Waals surface area (Å²) < 4.78 is 4.73. The lowest BCUT2D eigenvalue weighted by Crippen LogP contribution is -2.55. The Balaban J connectivity index is 2.56. The van der Waals surface area contributed by atoms with E-state index in [0.29, 0.717) is 12.3 Å². The average molecular weight is 246 g/mol. The third kappa shape index (κ3) is 3.44. The van der Waals surface area contributed by atoms with Gasteiger partial charge in [-0.1, -0.05) is 18.7 Å². The molecule has 7 heteroatoms. The van der Waals surface area contributed by atoms with Crippen LogP contribution in [0.25, 0.3) is 0 Å². The van der Waals surface area contributed by atoms with Crippen LogP contribution in [0.1, 0.15) is 13.8 Å². The first kappa shape index (κ1) is 12.4. The van der Waals surface area contributed by atoms with E-state index in [1.54, 1.807) is 6.92 Å². The normalized spacial score (nSPS) is 14.8. The predicted molar refractivity (Wildman–Crippen MR) is 61.9 cm³/mol. The zero-order chi connectivity index (χ0) is 11.3. The summed E-state index contributed by atoms with van der Waals surface area (Å²) in [5.41, 5.74) is 4.66. The maximum atomic E-state index is 11.3. The van der Waals surface area contributed by atoms with Crippen molar-refractivity contribution in [1.29, 1.82) is 0 Å². The van der Waals surface area contributed by atoms with Gasteiger partial charge in [-0.25, -0.2) is 4.98 Å². The maximum absolute atomic E-state index is 11.3.